The van der Waals surface area contributed by atoms with E-state index in [2.05, 4.69) is 11.8 Å². The summed E-state index contributed by atoms with van der Waals surface area (Å²) in [6.45, 7) is 3.63. The molecular weight excluding hydrogens is 228 g/mol. The van der Waals surface area contributed by atoms with Crippen molar-refractivity contribution in [2.75, 3.05) is 27.2 Å². The third-order valence-corrected chi connectivity index (χ3v) is 3.22. The molecule has 0 radical (unpaired) electrons. The SMILES string of the molecule is CCCCN(C)C(CN)c1ccc(OC)cc1O. The lowest BCUT2D eigenvalue weighted by Crippen LogP contribution is -2.31. The van der Waals surface area contributed by atoms with Gasteiger partial charge in [-0.3, -0.25) is 4.90 Å². The smallest absolute Gasteiger partial charge is 0.124 e. The first-order valence-electron chi connectivity index (χ1n) is 6.41. The predicted octanol–water partition coefficient (Wildman–Crippen LogP) is 2.13. The van der Waals surface area contributed by atoms with Crippen LogP contribution in [0.15, 0.2) is 18.2 Å². The Hall–Kier alpha value is -1.26. The number of methoxy groups -OCH3 is 1. The molecule has 0 aliphatic rings. The van der Waals surface area contributed by atoms with E-state index in [0.717, 1.165) is 24.9 Å². The largest absolute Gasteiger partial charge is 0.507 e. The van der Waals surface area contributed by atoms with Gasteiger partial charge in [0.15, 0.2) is 0 Å². The standard InChI is InChI=1S/C14H24N2O2/c1-4-5-8-16(2)13(10-15)12-7-6-11(18-3)9-14(12)17/h6-7,9,13,17H,4-5,8,10,15H2,1-3H3. The first-order valence-corrected chi connectivity index (χ1v) is 6.41. The number of likely N-dealkylation sites (N-methyl/N-ethyl adjacent to an activating group) is 1. The highest BCUT2D eigenvalue weighted by Crippen LogP contribution is 2.30. The zero-order valence-corrected chi connectivity index (χ0v) is 11.5. The van der Waals surface area contributed by atoms with Crippen LogP contribution in [0, 0.1) is 0 Å². The van der Waals surface area contributed by atoms with E-state index < -0.39 is 0 Å². The fraction of sp³-hybridized carbons (Fsp3) is 0.571. The fourth-order valence-corrected chi connectivity index (χ4v) is 2.04. The van der Waals surface area contributed by atoms with Crippen molar-refractivity contribution in [2.45, 2.75) is 25.8 Å². The van der Waals surface area contributed by atoms with Crippen LogP contribution in [0.2, 0.25) is 0 Å². The molecule has 1 unspecified atom stereocenters. The highest BCUT2D eigenvalue weighted by molar-refractivity contribution is 5.41. The number of nitrogens with zero attached hydrogens (tertiary/aromatic N) is 1. The summed E-state index contributed by atoms with van der Waals surface area (Å²) in [4.78, 5) is 2.19. The van der Waals surface area contributed by atoms with Gasteiger partial charge in [-0.05, 0) is 26.1 Å². The molecule has 1 rings (SSSR count). The zero-order valence-electron chi connectivity index (χ0n) is 11.5. The molecule has 3 N–H and O–H groups in total. The number of nitrogens with two attached hydrogens (primary N) is 1. The maximum atomic E-state index is 10.0. The van der Waals surface area contributed by atoms with Gasteiger partial charge in [-0.1, -0.05) is 19.4 Å². The molecule has 1 aromatic rings. The predicted molar refractivity (Wildman–Crippen MR) is 74.0 cm³/mol. The van der Waals surface area contributed by atoms with E-state index in [-0.39, 0.29) is 11.8 Å². The molecule has 0 saturated carbocycles. The maximum absolute atomic E-state index is 10.0. The molecule has 18 heavy (non-hydrogen) atoms. The minimum atomic E-state index is 0.0439. The van der Waals surface area contributed by atoms with Gasteiger partial charge in [0.2, 0.25) is 0 Å². The number of rotatable bonds is 7. The molecule has 4 nitrogen and oxygen atoms in total. The lowest BCUT2D eigenvalue weighted by molar-refractivity contribution is 0.241. The molecule has 0 spiro atoms. The van der Waals surface area contributed by atoms with Crippen LogP contribution < -0.4 is 10.5 Å². The molecule has 0 aliphatic heterocycles. The number of hydrogen-bond donors (Lipinski definition) is 2. The van der Waals surface area contributed by atoms with Crippen molar-refractivity contribution in [3.63, 3.8) is 0 Å². The minimum absolute atomic E-state index is 0.0439. The van der Waals surface area contributed by atoms with E-state index in [0.29, 0.717) is 12.3 Å². The third kappa shape index (κ3) is 3.62. The number of unbranched alkanes of at least 4 members (excludes halogenated alkanes) is 1. The summed E-state index contributed by atoms with van der Waals surface area (Å²) in [7, 11) is 3.62. The molecule has 4 heteroatoms. The van der Waals surface area contributed by atoms with Crippen LogP contribution in [0.5, 0.6) is 11.5 Å². The Bertz CT molecular complexity index is 369. The van der Waals surface area contributed by atoms with Gasteiger partial charge in [0.05, 0.1) is 13.2 Å². The number of phenolic OH excluding ortho intramolecular Hbond substituents is 1. The van der Waals surface area contributed by atoms with Crippen LogP contribution in [-0.2, 0) is 0 Å². The molecular formula is C14H24N2O2. The van der Waals surface area contributed by atoms with Crippen molar-refractivity contribution in [1.82, 2.24) is 4.90 Å². The molecule has 102 valence electrons. The summed E-state index contributed by atoms with van der Waals surface area (Å²) in [6, 6.07) is 5.41. The van der Waals surface area contributed by atoms with Gasteiger partial charge in [0.25, 0.3) is 0 Å². The topological polar surface area (TPSA) is 58.7 Å². The normalized spacial score (nSPS) is 12.7. The molecule has 1 atom stereocenters. The van der Waals surface area contributed by atoms with Crippen LogP contribution in [-0.4, -0.2) is 37.3 Å². The monoisotopic (exact) mass is 252 g/mol. The van der Waals surface area contributed by atoms with Gasteiger partial charge in [-0.15, -0.1) is 0 Å². The van der Waals surface area contributed by atoms with Crippen molar-refractivity contribution in [1.29, 1.82) is 0 Å². The van der Waals surface area contributed by atoms with Crippen LogP contribution in [0.4, 0.5) is 0 Å². The van der Waals surface area contributed by atoms with Crippen molar-refractivity contribution in [3.05, 3.63) is 23.8 Å². The van der Waals surface area contributed by atoms with Crippen molar-refractivity contribution >= 4 is 0 Å². The van der Waals surface area contributed by atoms with E-state index in [1.807, 2.05) is 19.2 Å². The lowest BCUT2D eigenvalue weighted by Gasteiger charge is -2.27. The first kappa shape index (κ1) is 14.8. The quantitative estimate of drug-likeness (QED) is 0.780. The first-order chi connectivity index (χ1) is 8.63. The lowest BCUT2D eigenvalue weighted by atomic mass is 10.0. The second-order valence-electron chi connectivity index (χ2n) is 4.51. The third-order valence-electron chi connectivity index (χ3n) is 3.22. The summed E-state index contributed by atoms with van der Waals surface area (Å²) >= 11 is 0. The zero-order chi connectivity index (χ0) is 13.5. The molecule has 0 saturated heterocycles. The average Bonchev–Trinajstić information content (AvgIpc) is 2.38. The number of hydrogen-bond acceptors (Lipinski definition) is 4. The molecule has 0 aromatic heterocycles. The van der Waals surface area contributed by atoms with Crippen LogP contribution >= 0.6 is 0 Å². The van der Waals surface area contributed by atoms with E-state index in [1.165, 1.54) is 0 Å². The van der Waals surface area contributed by atoms with Crippen LogP contribution in [0.3, 0.4) is 0 Å². The maximum Gasteiger partial charge on any atom is 0.124 e. The van der Waals surface area contributed by atoms with Gasteiger partial charge >= 0.3 is 0 Å². The number of phenols is 1. The number of benzene rings is 1. The van der Waals surface area contributed by atoms with Crippen LogP contribution in [0.1, 0.15) is 31.4 Å². The number of ether oxygens (including phenoxy) is 1. The van der Waals surface area contributed by atoms with E-state index in [9.17, 15) is 5.11 Å². The number of aromatic hydroxyl groups is 1. The molecule has 0 heterocycles. The average molecular weight is 252 g/mol. The Labute approximate surface area is 109 Å². The Morgan fingerprint density at radius 3 is 2.67 bits per heavy atom. The summed E-state index contributed by atoms with van der Waals surface area (Å²) < 4.78 is 5.08. The van der Waals surface area contributed by atoms with Crippen molar-refractivity contribution < 1.29 is 9.84 Å². The van der Waals surface area contributed by atoms with Gasteiger partial charge in [0, 0.05) is 18.2 Å². The highest BCUT2D eigenvalue weighted by Gasteiger charge is 2.18. The summed E-state index contributed by atoms with van der Waals surface area (Å²) in [5.74, 6) is 0.899. The highest BCUT2D eigenvalue weighted by atomic mass is 16.5. The van der Waals surface area contributed by atoms with Gasteiger partial charge in [-0.25, -0.2) is 0 Å². The molecule has 0 amide bonds. The second-order valence-corrected chi connectivity index (χ2v) is 4.51. The molecule has 0 aliphatic carbocycles. The minimum Gasteiger partial charge on any atom is -0.507 e. The van der Waals surface area contributed by atoms with Crippen molar-refractivity contribution in [3.8, 4) is 11.5 Å². The van der Waals surface area contributed by atoms with E-state index in [1.54, 1.807) is 13.2 Å². The Kier molecular flexibility index (Phi) is 5.95. The second kappa shape index (κ2) is 7.24. The Balaban J connectivity index is 2.87. The van der Waals surface area contributed by atoms with Crippen LogP contribution in [0.25, 0.3) is 0 Å². The summed E-state index contributed by atoms with van der Waals surface area (Å²) in [5.41, 5.74) is 6.69. The Morgan fingerprint density at radius 2 is 2.17 bits per heavy atom. The van der Waals surface area contributed by atoms with Gasteiger partial charge in [0.1, 0.15) is 11.5 Å². The van der Waals surface area contributed by atoms with E-state index in [4.69, 9.17) is 10.5 Å². The van der Waals surface area contributed by atoms with E-state index >= 15 is 0 Å². The summed E-state index contributed by atoms with van der Waals surface area (Å²) in [5, 5.41) is 10.0. The molecule has 0 fully saturated rings. The fourth-order valence-electron chi connectivity index (χ4n) is 2.04. The van der Waals surface area contributed by atoms with Crippen molar-refractivity contribution in [2.24, 2.45) is 5.73 Å². The summed E-state index contributed by atoms with van der Waals surface area (Å²) in [6.07, 6.45) is 2.28. The van der Waals surface area contributed by atoms with Gasteiger partial charge in [-0.2, -0.15) is 0 Å². The van der Waals surface area contributed by atoms with Gasteiger partial charge < -0.3 is 15.6 Å². The molecule has 1 aromatic carbocycles. The molecule has 0 bridgehead atoms. The Morgan fingerprint density at radius 1 is 1.44 bits per heavy atom.